The molecule has 29 heavy (non-hydrogen) atoms. The number of aromatic nitrogens is 1. The van der Waals surface area contributed by atoms with Crippen LogP contribution in [0.5, 0.6) is 0 Å². The zero-order chi connectivity index (χ0) is 20.3. The van der Waals surface area contributed by atoms with E-state index in [4.69, 9.17) is 0 Å². The summed E-state index contributed by atoms with van der Waals surface area (Å²) in [7, 11) is -3.45. The lowest BCUT2D eigenvalue weighted by molar-refractivity contribution is 0.0997. The first-order valence-corrected chi connectivity index (χ1v) is 12.9. The van der Waals surface area contributed by atoms with E-state index in [1.54, 1.807) is 28.6 Å². The molecule has 0 aliphatic carbocycles. The van der Waals surface area contributed by atoms with Crippen LogP contribution in [0.1, 0.15) is 40.4 Å². The second-order valence-electron chi connectivity index (χ2n) is 7.05. The van der Waals surface area contributed by atoms with Crippen LogP contribution in [-0.2, 0) is 16.4 Å². The van der Waals surface area contributed by atoms with Gasteiger partial charge in [0.05, 0.1) is 21.9 Å². The maximum atomic E-state index is 12.9. The van der Waals surface area contributed by atoms with Gasteiger partial charge in [-0.05, 0) is 36.4 Å². The molecule has 1 aliphatic heterocycles. The van der Waals surface area contributed by atoms with Crippen molar-refractivity contribution in [2.75, 3.05) is 13.1 Å². The molecule has 2 aromatic heterocycles. The van der Waals surface area contributed by atoms with Crippen molar-refractivity contribution >= 4 is 38.5 Å². The molecule has 1 saturated heterocycles. The maximum absolute atomic E-state index is 12.9. The summed E-state index contributed by atoms with van der Waals surface area (Å²) in [5.74, 6) is 0.0693. The smallest absolute Gasteiger partial charge is 0.243 e. The van der Waals surface area contributed by atoms with E-state index in [0.717, 1.165) is 46.8 Å². The van der Waals surface area contributed by atoms with Crippen molar-refractivity contribution in [3.63, 3.8) is 0 Å². The van der Waals surface area contributed by atoms with Crippen LogP contribution in [0.25, 0.3) is 11.3 Å². The zero-order valence-electron chi connectivity index (χ0n) is 15.9. The number of carbonyl (C=O) groups excluding carboxylic acids is 1. The van der Waals surface area contributed by atoms with Gasteiger partial charge in [-0.1, -0.05) is 31.0 Å². The standard InChI is InChI=1S/C21H22N2O3S3/c24-19(20-6-5-13-27-20)14-21-22-18(15-28-21)16-7-9-17(10-8-16)29(25,26)23-11-3-1-2-4-12-23/h5-10,13,15H,1-4,11-12,14H2. The summed E-state index contributed by atoms with van der Waals surface area (Å²) in [5, 5.41) is 4.57. The van der Waals surface area contributed by atoms with E-state index in [9.17, 15) is 13.2 Å². The van der Waals surface area contributed by atoms with Gasteiger partial charge in [0, 0.05) is 24.0 Å². The Kier molecular flexibility index (Phi) is 6.24. The molecule has 1 aliphatic rings. The molecule has 3 aromatic rings. The van der Waals surface area contributed by atoms with Gasteiger partial charge in [0.25, 0.3) is 0 Å². The largest absolute Gasteiger partial charge is 0.293 e. The summed E-state index contributed by atoms with van der Waals surface area (Å²) >= 11 is 2.89. The number of rotatable bonds is 6. The highest BCUT2D eigenvalue weighted by atomic mass is 32.2. The lowest BCUT2D eigenvalue weighted by Gasteiger charge is -2.19. The number of thiazole rings is 1. The Morgan fingerprint density at radius 2 is 1.72 bits per heavy atom. The Morgan fingerprint density at radius 3 is 2.38 bits per heavy atom. The van der Waals surface area contributed by atoms with Crippen molar-refractivity contribution in [3.05, 3.63) is 57.0 Å². The first-order valence-electron chi connectivity index (χ1n) is 9.66. The maximum Gasteiger partial charge on any atom is 0.243 e. The summed E-state index contributed by atoms with van der Waals surface area (Å²) in [6.07, 6.45) is 4.30. The number of hydrogen-bond donors (Lipinski definition) is 0. The molecule has 4 rings (SSSR count). The van der Waals surface area contributed by atoms with Gasteiger partial charge < -0.3 is 0 Å². The Bertz CT molecular complexity index is 1060. The van der Waals surface area contributed by atoms with Crippen LogP contribution in [-0.4, -0.2) is 36.6 Å². The predicted octanol–water partition coefficient (Wildman–Crippen LogP) is 4.86. The highest BCUT2D eigenvalue weighted by Gasteiger charge is 2.25. The van der Waals surface area contributed by atoms with Gasteiger partial charge in [0.1, 0.15) is 5.01 Å². The molecule has 3 heterocycles. The fraction of sp³-hybridized carbons (Fsp3) is 0.333. The SMILES string of the molecule is O=C(Cc1nc(-c2ccc(S(=O)(=O)N3CCCCCC3)cc2)cs1)c1cccs1. The normalized spacial score (nSPS) is 15.9. The molecule has 0 spiro atoms. The van der Waals surface area contributed by atoms with Crippen molar-refractivity contribution in [2.24, 2.45) is 0 Å². The van der Waals surface area contributed by atoms with Crippen molar-refractivity contribution < 1.29 is 13.2 Å². The number of Topliss-reactive ketones (excluding diaryl/α,β-unsaturated/α-hetero) is 1. The molecule has 0 amide bonds. The third-order valence-corrected chi connectivity index (χ3v) is 8.69. The summed E-state index contributed by atoms with van der Waals surface area (Å²) in [4.78, 5) is 17.9. The number of carbonyl (C=O) groups is 1. The number of hydrogen-bond acceptors (Lipinski definition) is 6. The Labute approximate surface area is 179 Å². The molecule has 8 heteroatoms. The van der Waals surface area contributed by atoms with E-state index in [0.29, 0.717) is 18.0 Å². The number of sulfonamides is 1. The minimum absolute atomic E-state index is 0.0693. The van der Waals surface area contributed by atoms with E-state index in [1.807, 2.05) is 22.9 Å². The van der Waals surface area contributed by atoms with Gasteiger partial charge in [-0.3, -0.25) is 4.79 Å². The van der Waals surface area contributed by atoms with Gasteiger partial charge in [-0.25, -0.2) is 13.4 Å². The van der Waals surface area contributed by atoms with E-state index in [-0.39, 0.29) is 12.2 Å². The van der Waals surface area contributed by atoms with E-state index in [2.05, 4.69) is 4.98 Å². The topological polar surface area (TPSA) is 67.3 Å². The van der Waals surface area contributed by atoms with Crippen molar-refractivity contribution in [1.82, 2.24) is 9.29 Å². The molecule has 152 valence electrons. The van der Waals surface area contributed by atoms with Crippen LogP contribution in [0.4, 0.5) is 0 Å². The van der Waals surface area contributed by atoms with E-state index >= 15 is 0 Å². The lowest BCUT2D eigenvalue weighted by Crippen LogP contribution is -2.31. The number of nitrogens with zero attached hydrogens (tertiary/aromatic N) is 2. The molecule has 1 fully saturated rings. The first-order chi connectivity index (χ1) is 14.0. The average Bonchev–Trinajstić information content (AvgIpc) is 3.35. The van der Waals surface area contributed by atoms with Crippen LogP contribution < -0.4 is 0 Å². The summed E-state index contributed by atoms with van der Waals surface area (Å²) in [6.45, 7) is 1.19. The number of benzene rings is 1. The minimum Gasteiger partial charge on any atom is -0.293 e. The lowest BCUT2D eigenvalue weighted by atomic mass is 10.2. The Morgan fingerprint density at radius 1 is 1.00 bits per heavy atom. The van der Waals surface area contributed by atoms with Crippen molar-refractivity contribution in [2.45, 2.75) is 37.0 Å². The van der Waals surface area contributed by atoms with Crippen molar-refractivity contribution in [3.8, 4) is 11.3 Å². The monoisotopic (exact) mass is 446 g/mol. The molecule has 0 saturated carbocycles. The molecule has 5 nitrogen and oxygen atoms in total. The van der Waals surface area contributed by atoms with Gasteiger partial charge in [0.15, 0.2) is 5.78 Å². The molecule has 0 N–H and O–H groups in total. The summed E-state index contributed by atoms with van der Waals surface area (Å²) < 4.78 is 27.4. The second kappa shape index (κ2) is 8.87. The summed E-state index contributed by atoms with van der Waals surface area (Å²) in [6, 6.07) is 10.6. The van der Waals surface area contributed by atoms with Crippen LogP contribution in [0.15, 0.2) is 52.1 Å². The highest BCUT2D eigenvalue weighted by molar-refractivity contribution is 7.89. The molecule has 0 bridgehead atoms. The third-order valence-electron chi connectivity index (χ3n) is 5.01. The van der Waals surface area contributed by atoms with Crippen molar-refractivity contribution in [1.29, 1.82) is 0 Å². The first kappa shape index (κ1) is 20.4. The van der Waals surface area contributed by atoms with E-state index < -0.39 is 10.0 Å². The van der Waals surface area contributed by atoms with Gasteiger partial charge >= 0.3 is 0 Å². The molecule has 1 aromatic carbocycles. The Balaban J connectivity index is 1.48. The fourth-order valence-corrected chi connectivity index (χ4v) is 6.40. The molecule has 0 radical (unpaired) electrons. The minimum atomic E-state index is -3.45. The van der Waals surface area contributed by atoms with Crippen LogP contribution >= 0.6 is 22.7 Å². The average molecular weight is 447 g/mol. The molecule has 0 unspecified atom stereocenters. The second-order valence-corrected chi connectivity index (χ2v) is 10.9. The van der Waals surface area contributed by atoms with Gasteiger partial charge in [0.2, 0.25) is 10.0 Å². The van der Waals surface area contributed by atoms with Crippen LogP contribution in [0.3, 0.4) is 0 Å². The summed E-state index contributed by atoms with van der Waals surface area (Å²) in [5.41, 5.74) is 1.62. The Hall–Kier alpha value is -1.87. The molecular formula is C21H22N2O3S3. The quantitative estimate of drug-likeness (QED) is 0.507. The van der Waals surface area contributed by atoms with Gasteiger partial charge in [-0.15, -0.1) is 22.7 Å². The highest BCUT2D eigenvalue weighted by Crippen LogP contribution is 2.26. The fourth-order valence-electron chi connectivity index (χ4n) is 3.42. The number of thiophene rings is 1. The molecular weight excluding hydrogens is 424 g/mol. The third kappa shape index (κ3) is 4.66. The van der Waals surface area contributed by atoms with Gasteiger partial charge in [-0.2, -0.15) is 4.31 Å². The molecule has 0 atom stereocenters. The van der Waals surface area contributed by atoms with E-state index in [1.165, 1.54) is 22.7 Å². The predicted molar refractivity (Wildman–Crippen MR) is 117 cm³/mol. The number of ketones is 1. The van der Waals surface area contributed by atoms with Crippen LogP contribution in [0.2, 0.25) is 0 Å². The zero-order valence-corrected chi connectivity index (χ0v) is 18.4. The van der Waals surface area contributed by atoms with Crippen LogP contribution in [0, 0.1) is 0 Å².